The van der Waals surface area contributed by atoms with Crippen LogP contribution in [0.3, 0.4) is 0 Å². The predicted octanol–water partition coefficient (Wildman–Crippen LogP) is 0.904. The molecule has 1 fully saturated rings. The summed E-state index contributed by atoms with van der Waals surface area (Å²) in [7, 11) is 1.54. The minimum Gasteiger partial charge on any atom is -0.375 e. The molecule has 7 nitrogen and oxygen atoms in total. The molecule has 0 aromatic carbocycles. The number of H-pyrrole nitrogens is 1. The Balaban J connectivity index is 1.69. The highest BCUT2D eigenvalue weighted by molar-refractivity contribution is 5.77. The first kappa shape index (κ1) is 14.6. The second-order valence-corrected chi connectivity index (χ2v) is 5.47. The van der Waals surface area contributed by atoms with Crippen LogP contribution in [-0.4, -0.2) is 57.8 Å². The molecule has 1 aliphatic heterocycles. The standard InChI is InChI=1S/C15H19N5O2/c1-22-10-14(21)20-5-2-11(9-20)6-13-15(17-4-3-16-13)12-7-18-19-8-12/h3-4,7-8,11H,2,5-6,9-10H2,1H3,(H,18,19). The van der Waals surface area contributed by atoms with Gasteiger partial charge >= 0.3 is 0 Å². The number of rotatable bonds is 5. The van der Waals surface area contributed by atoms with E-state index >= 15 is 0 Å². The van der Waals surface area contributed by atoms with Crippen LogP contribution in [0, 0.1) is 5.92 Å². The topological polar surface area (TPSA) is 84.0 Å². The number of aromatic nitrogens is 4. The number of nitrogens with one attached hydrogen (secondary N) is 1. The molecule has 0 radical (unpaired) electrons. The van der Waals surface area contributed by atoms with Gasteiger partial charge in [-0.2, -0.15) is 5.10 Å². The second kappa shape index (κ2) is 6.65. The SMILES string of the molecule is COCC(=O)N1CCC(Cc2nccnc2-c2cn[nH]c2)C1. The molecule has 2 aromatic rings. The first-order chi connectivity index (χ1) is 10.8. The summed E-state index contributed by atoms with van der Waals surface area (Å²) in [6, 6.07) is 0. The van der Waals surface area contributed by atoms with Gasteiger partial charge in [-0.05, 0) is 18.8 Å². The van der Waals surface area contributed by atoms with Crippen molar-refractivity contribution < 1.29 is 9.53 Å². The van der Waals surface area contributed by atoms with Crippen LogP contribution in [0.1, 0.15) is 12.1 Å². The van der Waals surface area contributed by atoms with Crippen LogP contribution in [0.5, 0.6) is 0 Å². The summed E-state index contributed by atoms with van der Waals surface area (Å²) in [4.78, 5) is 22.6. The van der Waals surface area contributed by atoms with Crippen molar-refractivity contribution >= 4 is 5.91 Å². The maximum absolute atomic E-state index is 11.9. The van der Waals surface area contributed by atoms with Crippen molar-refractivity contribution in [3.05, 3.63) is 30.5 Å². The molecule has 0 bridgehead atoms. The minimum absolute atomic E-state index is 0.0548. The summed E-state index contributed by atoms with van der Waals surface area (Å²) in [5.41, 5.74) is 2.75. The molecule has 0 saturated carbocycles. The van der Waals surface area contributed by atoms with Gasteiger partial charge in [0, 0.05) is 44.4 Å². The maximum atomic E-state index is 11.9. The van der Waals surface area contributed by atoms with Gasteiger partial charge in [0.1, 0.15) is 6.61 Å². The maximum Gasteiger partial charge on any atom is 0.248 e. The van der Waals surface area contributed by atoms with Gasteiger partial charge in [-0.15, -0.1) is 0 Å². The Kier molecular flexibility index (Phi) is 4.43. The predicted molar refractivity (Wildman–Crippen MR) is 79.9 cm³/mol. The van der Waals surface area contributed by atoms with Crippen LogP contribution in [0.25, 0.3) is 11.3 Å². The number of nitrogens with zero attached hydrogens (tertiary/aromatic N) is 4. The van der Waals surface area contributed by atoms with E-state index in [0.29, 0.717) is 5.92 Å². The summed E-state index contributed by atoms with van der Waals surface area (Å²) in [5.74, 6) is 0.461. The van der Waals surface area contributed by atoms with E-state index in [0.717, 1.165) is 42.9 Å². The Hall–Kier alpha value is -2.28. The lowest BCUT2D eigenvalue weighted by atomic mass is 10.00. The molecule has 1 atom stereocenters. The van der Waals surface area contributed by atoms with Crippen molar-refractivity contribution in [3.8, 4) is 11.3 Å². The number of amides is 1. The number of carbonyl (C=O) groups excluding carboxylic acids is 1. The van der Waals surface area contributed by atoms with Crippen molar-refractivity contribution in [1.82, 2.24) is 25.1 Å². The van der Waals surface area contributed by atoms with Crippen LogP contribution in [-0.2, 0) is 16.0 Å². The number of hydrogen-bond acceptors (Lipinski definition) is 5. The smallest absolute Gasteiger partial charge is 0.248 e. The Morgan fingerprint density at radius 2 is 2.32 bits per heavy atom. The highest BCUT2D eigenvalue weighted by Gasteiger charge is 2.27. The van der Waals surface area contributed by atoms with Crippen LogP contribution in [0.2, 0.25) is 0 Å². The van der Waals surface area contributed by atoms with Crippen molar-refractivity contribution in [2.24, 2.45) is 5.92 Å². The zero-order chi connectivity index (χ0) is 15.4. The molecule has 7 heteroatoms. The molecule has 22 heavy (non-hydrogen) atoms. The number of methoxy groups -OCH3 is 1. The van der Waals surface area contributed by atoms with Crippen LogP contribution in [0.4, 0.5) is 0 Å². The molecule has 0 aliphatic carbocycles. The number of likely N-dealkylation sites (tertiary alicyclic amines) is 1. The fourth-order valence-electron chi connectivity index (χ4n) is 2.85. The largest absolute Gasteiger partial charge is 0.375 e. The Bertz CT molecular complexity index is 629. The van der Waals surface area contributed by atoms with E-state index in [1.165, 1.54) is 0 Å². The first-order valence-corrected chi connectivity index (χ1v) is 7.33. The molecular weight excluding hydrogens is 282 g/mol. The van der Waals surface area contributed by atoms with E-state index in [1.807, 2.05) is 11.1 Å². The van der Waals surface area contributed by atoms with Gasteiger partial charge in [0.15, 0.2) is 0 Å². The Labute approximate surface area is 128 Å². The average Bonchev–Trinajstić information content (AvgIpc) is 3.19. The molecule has 1 aliphatic rings. The van der Waals surface area contributed by atoms with Gasteiger partial charge in [-0.25, -0.2) is 0 Å². The highest BCUT2D eigenvalue weighted by atomic mass is 16.5. The zero-order valence-electron chi connectivity index (χ0n) is 12.5. The van der Waals surface area contributed by atoms with Crippen molar-refractivity contribution in [2.45, 2.75) is 12.8 Å². The van der Waals surface area contributed by atoms with Crippen molar-refractivity contribution in [1.29, 1.82) is 0 Å². The van der Waals surface area contributed by atoms with E-state index in [1.54, 1.807) is 25.7 Å². The van der Waals surface area contributed by atoms with E-state index in [2.05, 4.69) is 20.2 Å². The molecule has 116 valence electrons. The fourth-order valence-corrected chi connectivity index (χ4v) is 2.85. The van der Waals surface area contributed by atoms with Gasteiger partial charge in [0.05, 0.1) is 17.6 Å². The summed E-state index contributed by atoms with van der Waals surface area (Å²) in [6.45, 7) is 1.69. The third-order valence-electron chi connectivity index (χ3n) is 3.93. The molecule has 1 amide bonds. The van der Waals surface area contributed by atoms with Gasteiger partial charge in [0.2, 0.25) is 5.91 Å². The van der Waals surface area contributed by atoms with Crippen LogP contribution < -0.4 is 0 Å². The quantitative estimate of drug-likeness (QED) is 0.887. The van der Waals surface area contributed by atoms with E-state index in [-0.39, 0.29) is 12.5 Å². The molecule has 1 saturated heterocycles. The van der Waals surface area contributed by atoms with Gasteiger partial charge in [0.25, 0.3) is 0 Å². The molecule has 1 N–H and O–H groups in total. The number of carbonyl (C=O) groups is 1. The Morgan fingerprint density at radius 1 is 1.45 bits per heavy atom. The normalized spacial score (nSPS) is 17.9. The number of aromatic amines is 1. The third-order valence-corrected chi connectivity index (χ3v) is 3.93. The lowest BCUT2D eigenvalue weighted by Crippen LogP contribution is -2.31. The lowest BCUT2D eigenvalue weighted by Gasteiger charge is -2.16. The summed E-state index contributed by atoms with van der Waals surface area (Å²) >= 11 is 0. The van der Waals surface area contributed by atoms with Crippen molar-refractivity contribution in [3.63, 3.8) is 0 Å². The molecule has 2 aromatic heterocycles. The van der Waals surface area contributed by atoms with E-state index < -0.39 is 0 Å². The van der Waals surface area contributed by atoms with Crippen LogP contribution in [0.15, 0.2) is 24.8 Å². The average molecular weight is 301 g/mol. The molecule has 3 rings (SSSR count). The van der Waals surface area contributed by atoms with Gasteiger partial charge in [-0.3, -0.25) is 19.9 Å². The number of ether oxygens (including phenoxy) is 1. The Morgan fingerprint density at radius 3 is 3.09 bits per heavy atom. The second-order valence-electron chi connectivity index (χ2n) is 5.47. The van der Waals surface area contributed by atoms with Crippen LogP contribution >= 0.6 is 0 Å². The zero-order valence-corrected chi connectivity index (χ0v) is 12.5. The lowest BCUT2D eigenvalue weighted by molar-refractivity contribution is -0.134. The van der Waals surface area contributed by atoms with E-state index in [9.17, 15) is 4.79 Å². The fraction of sp³-hybridized carbons (Fsp3) is 0.467. The monoisotopic (exact) mass is 301 g/mol. The summed E-state index contributed by atoms with van der Waals surface area (Å²) in [5, 5.41) is 6.77. The first-order valence-electron chi connectivity index (χ1n) is 7.33. The molecule has 1 unspecified atom stereocenters. The summed E-state index contributed by atoms with van der Waals surface area (Å²) in [6.07, 6.45) is 8.76. The molecule has 3 heterocycles. The van der Waals surface area contributed by atoms with Gasteiger partial charge < -0.3 is 9.64 Å². The van der Waals surface area contributed by atoms with Gasteiger partial charge in [-0.1, -0.05) is 0 Å². The number of hydrogen-bond donors (Lipinski definition) is 1. The molecular formula is C15H19N5O2. The third kappa shape index (κ3) is 3.14. The highest BCUT2D eigenvalue weighted by Crippen LogP contribution is 2.25. The van der Waals surface area contributed by atoms with Crippen molar-refractivity contribution in [2.75, 3.05) is 26.8 Å². The molecule has 0 spiro atoms. The van der Waals surface area contributed by atoms with E-state index in [4.69, 9.17) is 4.74 Å². The minimum atomic E-state index is 0.0548. The summed E-state index contributed by atoms with van der Waals surface area (Å²) < 4.78 is 4.91.